The van der Waals surface area contributed by atoms with Gasteiger partial charge in [0.15, 0.2) is 5.96 Å². The first kappa shape index (κ1) is 10.9. The van der Waals surface area contributed by atoms with Crippen molar-refractivity contribution in [2.45, 2.75) is 6.04 Å². The molecule has 1 aliphatic rings. The SMILES string of the molecule is CN1C(N)=NCC1c1ncc(Br)cc1Br. The van der Waals surface area contributed by atoms with Crippen molar-refractivity contribution in [3.8, 4) is 0 Å². The number of hydrogen-bond acceptors (Lipinski definition) is 4. The van der Waals surface area contributed by atoms with E-state index >= 15 is 0 Å². The lowest BCUT2D eigenvalue weighted by molar-refractivity contribution is 0.404. The summed E-state index contributed by atoms with van der Waals surface area (Å²) < 4.78 is 1.92. The van der Waals surface area contributed by atoms with Crippen LogP contribution in [0.1, 0.15) is 11.7 Å². The van der Waals surface area contributed by atoms with E-state index in [4.69, 9.17) is 5.73 Å². The Morgan fingerprint density at radius 1 is 1.53 bits per heavy atom. The third-order valence-corrected chi connectivity index (χ3v) is 3.48. The van der Waals surface area contributed by atoms with Crippen molar-refractivity contribution in [3.05, 3.63) is 26.9 Å². The fraction of sp³-hybridized carbons (Fsp3) is 0.333. The molecule has 0 aliphatic carbocycles. The average molecular weight is 334 g/mol. The second-order valence-corrected chi connectivity index (χ2v) is 5.12. The maximum atomic E-state index is 5.71. The first-order valence-corrected chi connectivity index (χ1v) is 6.02. The smallest absolute Gasteiger partial charge is 0.191 e. The van der Waals surface area contributed by atoms with Crippen molar-refractivity contribution in [3.63, 3.8) is 0 Å². The Morgan fingerprint density at radius 3 is 2.80 bits per heavy atom. The number of aromatic nitrogens is 1. The minimum absolute atomic E-state index is 0.132. The number of aliphatic imine (C=N–C) groups is 1. The first-order valence-electron chi connectivity index (χ1n) is 4.43. The zero-order chi connectivity index (χ0) is 11.0. The number of nitrogens with two attached hydrogens (primary N) is 1. The van der Waals surface area contributed by atoms with E-state index in [0.717, 1.165) is 14.6 Å². The van der Waals surface area contributed by atoms with Crippen LogP contribution in [-0.2, 0) is 0 Å². The molecule has 2 N–H and O–H groups in total. The quantitative estimate of drug-likeness (QED) is 0.854. The molecule has 0 saturated carbocycles. The number of nitrogens with zero attached hydrogens (tertiary/aromatic N) is 3. The third kappa shape index (κ3) is 2.01. The molecule has 1 unspecified atom stereocenters. The van der Waals surface area contributed by atoms with Crippen LogP contribution < -0.4 is 5.73 Å². The van der Waals surface area contributed by atoms with Crippen LogP contribution in [0.3, 0.4) is 0 Å². The molecule has 1 aromatic heterocycles. The van der Waals surface area contributed by atoms with Crippen LogP contribution in [0, 0.1) is 0 Å². The highest BCUT2D eigenvalue weighted by Crippen LogP contribution is 2.29. The Morgan fingerprint density at radius 2 is 2.27 bits per heavy atom. The Hall–Kier alpha value is -0.620. The third-order valence-electron chi connectivity index (χ3n) is 2.41. The van der Waals surface area contributed by atoms with E-state index in [2.05, 4.69) is 41.8 Å². The van der Waals surface area contributed by atoms with Gasteiger partial charge < -0.3 is 10.6 Å². The van der Waals surface area contributed by atoms with E-state index in [-0.39, 0.29) is 6.04 Å². The topological polar surface area (TPSA) is 54.5 Å². The fourth-order valence-electron chi connectivity index (χ4n) is 1.51. The standard InChI is InChI=1S/C9H10Br2N4/c1-15-7(4-14-9(15)12)8-6(11)2-5(10)3-13-8/h2-3,7H,4H2,1H3,(H2,12,14). The lowest BCUT2D eigenvalue weighted by atomic mass is 10.2. The summed E-state index contributed by atoms with van der Waals surface area (Å²) in [5.41, 5.74) is 6.67. The molecule has 0 spiro atoms. The summed E-state index contributed by atoms with van der Waals surface area (Å²) in [6.45, 7) is 0.662. The van der Waals surface area contributed by atoms with Gasteiger partial charge in [-0.2, -0.15) is 0 Å². The molecule has 6 heteroatoms. The summed E-state index contributed by atoms with van der Waals surface area (Å²) in [5.74, 6) is 0.566. The average Bonchev–Trinajstić information content (AvgIpc) is 2.49. The molecule has 0 radical (unpaired) electrons. The van der Waals surface area contributed by atoms with Crippen molar-refractivity contribution < 1.29 is 0 Å². The number of hydrogen-bond donors (Lipinski definition) is 1. The van der Waals surface area contributed by atoms with Gasteiger partial charge >= 0.3 is 0 Å². The van der Waals surface area contributed by atoms with E-state index < -0.39 is 0 Å². The van der Waals surface area contributed by atoms with Crippen molar-refractivity contribution in [2.75, 3.05) is 13.6 Å². The zero-order valence-corrected chi connectivity index (χ0v) is 11.3. The second-order valence-electron chi connectivity index (χ2n) is 3.35. The lowest BCUT2D eigenvalue weighted by Crippen LogP contribution is -2.32. The number of halogens is 2. The molecular weight excluding hydrogens is 324 g/mol. The predicted molar refractivity (Wildman–Crippen MR) is 66.6 cm³/mol. The summed E-state index contributed by atoms with van der Waals surface area (Å²) in [5, 5.41) is 0. The Kier molecular flexibility index (Phi) is 2.97. The molecule has 2 heterocycles. The Labute approximate surface area is 105 Å². The molecule has 0 amide bonds. The summed E-state index contributed by atoms with van der Waals surface area (Å²) in [6.07, 6.45) is 1.78. The Bertz CT molecular complexity index is 419. The minimum Gasteiger partial charge on any atom is -0.370 e. The number of guanidine groups is 1. The molecule has 1 atom stereocenters. The first-order chi connectivity index (χ1) is 7.09. The number of rotatable bonds is 1. The van der Waals surface area contributed by atoms with Gasteiger partial charge in [0, 0.05) is 22.2 Å². The van der Waals surface area contributed by atoms with Crippen LogP contribution in [0.5, 0.6) is 0 Å². The van der Waals surface area contributed by atoms with Crippen molar-refractivity contribution in [1.82, 2.24) is 9.88 Å². The van der Waals surface area contributed by atoms with E-state index in [0.29, 0.717) is 12.5 Å². The van der Waals surface area contributed by atoms with Crippen LogP contribution in [0.2, 0.25) is 0 Å². The van der Waals surface area contributed by atoms with E-state index in [1.807, 2.05) is 18.0 Å². The molecule has 2 rings (SSSR count). The Balaban J connectivity index is 2.32. The zero-order valence-electron chi connectivity index (χ0n) is 8.11. The number of pyridine rings is 1. The van der Waals surface area contributed by atoms with Crippen LogP contribution >= 0.6 is 31.9 Å². The second kappa shape index (κ2) is 4.09. The van der Waals surface area contributed by atoms with Crippen LogP contribution in [0.4, 0.5) is 0 Å². The number of likely N-dealkylation sites (N-methyl/N-ethyl adjacent to an activating group) is 1. The molecule has 0 bridgehead atoms. The highest BCUT2D eigenvalue weighted by molar-refractivity contribution is 9.11. The molecule has 0 aromatic carbocycles. The van der Waals surface area contributed by atoms with Crippen LogP contribution in [0.15, 0.2) is 26.2 Å². The highest BCUT2D eigenvalue weighted by Gasteiger charge is 2.26. The van der Waals surface area contributed by atoms with Gasteiger partial charge in [-0.3, -0.25) is 9.98 Å². The van der Waals surface area contributed by atoms with Crippen molar-refractivity contribution in [2.24, 2.45) is 10.7 Å². The van der Waals surface area contributed by atoms with Crippen molar-refractivity contribution in [1.29, 1.82) is 0 Å². The molecule has 0 fully saturated rings. The van der Waals surface area contributed by atoms with Gasteiger partial charge in [0.2, 0.25) is 0 Å². The molecule has 1 aromatic rings. The van der Waals surface area contributed by atoms with Gasteiger partial charge in [-0.25, -0.2) is 0 Å². The molecule has 1 aliphatic heterocycles. The van der Waals surface area contributed by atoms with E-state index in [9.17, 15) is 0 Å². The monoisotopic (exact) mass is 332 g/mol. The summed E-state index contributed by atoms with van der Waals surface area (Å²) >= 11 is 6.87. The normalized spacial score (nSPS) is 20.6. The predicted octanol–water partition coefficient (Wildman–Crippen LogP) is 1.91. The fourth-order valence-corrected chi connectivity index (χ4v) is 2.77. The van der Waals surface area contributed by atoms with Gasteiger partial charge in [-0.15, -0.1) is 0 Å². The van der Waals surface area contributed by atoms with Gasteiger partial charge in [0.1, 0.15) is 0 Å². The van der Waals surface area contributed by atoms with Gasteiger partial charge in [0.25, 0.3) is 0 Å². The highest BCUT2D eigenvalue weighted by atomic mass is 79.9. The minimum atomic E-state index is 0.132. The van der Waals surface area contributed by atoms with E-state index in [1.165, 1.54) is 0 Å². The maximum absolute atomic E-state index is 5.71. The van der Waals surface area contributed by atoms with Gasteiger partial charge in [-0.05, 0) is 37.9 Å². The molecule has 0 saturated heterocycles. The largest absolute Gasteiger partial charge is 0.370 e. The van der Waals surface area contributed by atoms with Crippen molar-refractivity contribution >= 4 is 37.8 Å². The molecule has 80 valence electrons. The lowest BCUT2D eigenvalue weighted by Gasteiger charge is -2.21. The molecular formula is C9H10Br2N4. The molecule has 15 heavy (non-hydrogen) atoms. The summed E-state index contributed by atoms with van der Waals surface area (Å²) in [6, 6.07) is 2.11. The molecule has 4 nitrogen and oxygen atoms in total. The van der Waals surface area contributed by atoms with Crippen LogP contribution in [0.25, 0.3) is 0 Å². The summed E-state index contributed by atoms with van der Waals surface area (Å²) in [7, 11) is 1.92. The van der Waals surface area contributed by atoms with Gasteiger partial charge in [0.05, 0.1) is 18.3 Å². The van der Waals surface area contributed by atoms with E-state index in [1.54, 1.807) is 6.20 Å². The maximum Gasteiger partial charge on any atom is 0.191 e. The van der Waals surface area contributed by atoms with Gasteiger partial charge in [-0.1, -0.05) is 0 Å². The summed E-state index contributed by atoms with van der Waals surface area (Å²) in [4.78, 5) is 10.5. The van der Waals surface area contributed by atoms with Crippen LogP contribution in [-0.4, -0.2) is 29.4 Å².